The van der Waals surface area contributed by atoms with Crippen molar-refractivity contribution >= 4 is 0 Å². The van der Waals surface area contributed by atoms with Gasteiger partial charge in [-0.25, -0.2) is 0 Å². The summed E-state index contributed by atoms with van der Waals surface area (Å²) in [6.07, 6.45) is 12.0. The van der Waals surface area contributed by atoms with Gasteiger partial charge in [0.05, 0.1) is 6.10 Å². The molecule has 0 radical (unpaired) electrons. The first-order valence-corrected chi connectivity index (χ1v) is 10.8. The summed E-state index contributed by atoms with van der Waals surface area (Å²) >= 11 is 0. The standard InChI is InChI=1S/C23H36O3/c1-14(12-24)21-5-6-22-20-11-17(13-25)16-9-15(3-4-18(26)10-16)19(20)7-8-23(21,22)2/h3,11,14,16-19,21-22,24-26H,4-10,12-13H2,1-2H3/t14-,16-,17+,18+,19-,21-,22+,23-/m1/s1. The number of allylic oxidation sites excluding steroid dienone is 2. The molecule has 0 aliphatic heterocycles. The first-order valence-electron chi connectivity index (χ1n) is 10.8. The molecule has 3 N–H and O–H groups in total. The maximum Gasteiger partial charge on any atom is 0.0577 e. The molecule has 146 valence electrons. The van der Waals surface area contributed by atoms with Gasteiger partial charge in [0.1, 0.15) is 0 Å². The van der Waals surface area contributed by atoms with Crippen LogP contribution in [0.25, 0.3) is 0 Å². The fourth-order valence-corrected chi connectivity index (χ4v) is 7.13. The summed E-state index contributed by atoms with van der Waals surface area (Å²) in [6, 6.07) is 0. The lowest BCUT2D eigenvalue weighted by molar-refractivity contribution is 0.0613. The second kappa shape index (κ2) is 7.07. The van der Waals surface area contributed by atoms with Crippen LogP contribution in [0, 0.1) is 40.9 Å². The lowest BCUT2D eigenvalue weighted by Crippen LogP contribution is -2.39. The Hall–Kier alpha value is -0.640. The Kier molecular flexibility index (Phi) is 5.09. The van der Waals surface area contributed by atoms with Crippen molar-refractivity contribution in [3.8, 4) is 0 Å². The molecule has 2 saturated carbocycles. The quantitative estimate of drug-likeness (QED) is 0.673. The molecule has 4 rings (SSSR count). The third kappa shape index (κ3) is 2.91. The normalized spacial score (nSPS) is 46.3. The molecular formula is C23H36O3. The Morgan fingerprint density at radius 3 is 2.77 bits per heavy atom. The van der Waals surface area contributed by atoms with E-state index < -0.39 is 0 Å². The van der Waals surface area contributed by atoms with Crippen LogP contribution >= 0.6 is 0 Å². The molecule has 8 atom stereocenters. The van der Waals surface area contributed by atoms with Crippen LogP contribution < -0.4 is 0 Å². The lowest BCUT2D eigenvalue weighted by Gasteiger charge is -2.47. The predicted molar refractivity (Wildman–Crippen MR) is 103 cm³/mol. The zero-order valence-electron chi connectivity index (χ0n) is 16.4. The summed E-state index contributed by atoms with van der Waals surface area (Å²) in [4.78, 5) is 0. The van der Waals surface area contributed by atoms with Crippen LogP contribution in [0.15, 0.2) is 23.3 Å². The Balaban J connectivity index is 1.71. The maximum atomic E-state index is 10.3. The van der Waals surface area contributed by atoms with E-state index in [2.05, 4.69) is 26.0 Å². The van der Waals surface area contributed by atoms with E-state index in [4.69, 9.17) is 0 Å². The second-order valence-corrected chi connectivity index (χ2v) is 9.87. The van der Waals surface area contributed by atoms with Crippen molar-refractivity contribution in [2.24, 2.45) is 40.9 Å². The summed E-state index contributed by atoms with van der Waals surface area (Å²) in [7, 11) is 0. The molecule has 3 heteroatoms. The van der Waals surface area contributed by atoms with Gasteiger partial charge in [-0.3, -0.25) is 0 Å². The number of hydrogen-bond donors (Lipinski definition) is 3. The maximum absolute atomic E-state index is 10.3. The van der Waals surface area contributed by atoms with E-state index in [0.717, 1.165) is 19.3 Å². The van der Waals surface area contributed by atoms with Gasteiger partial charge in [0, 0.05) is 25.0 Å². The fourth-order valence-electron chi connectivity index (χ4n) is 7.13. The molecule has 4 aliphatic rings. The lowest BCUT2D eigenvalue weighted by atomic mass is 9.57. The molecule has 0 amide bonds. The highest BCUT2D eigenvalue weighted by atomic mass is 16.3. The van der Waals surface area contributed by atoms with Crippen LogP contribution in [0.3, 0.4) is 0 Å². The minimum absolute atomic E-state index is 0.183. The van der Waals surface area contributed by atoms with Crippen LogP contribution in [0.1, 0.15) is 58.8 Å². The molecule has 0 spiro atoms. The smallest absolute Gasteiger partial charge is 0.0577 e. The molecule has 0 unspecified atom stereocenters. The highest BCUT2D eigenvalue weighted by Crippen LogP contribution is 2.62. The highest BCUT2D eigenvalue weighted by molar-refractivity contribution is 5.33. The molecule has 0 aromatic rings. The second-order valence-electron chi connectivity index (χ2n) is 9.87. The Morgan fingerprint density at radius 2 is 2.04 bits per heavy atom. The fraction of sp³-hybridized carbons (Fsp3) is 0.826. The van der Waals surface area contributed by atoms with Crippen molar-refractivity contribution in [2.75, 3.05) is 13.2 Å². The third-order valence-corrected chi connectivity index (χ3v) is 8.56. The van der Waals surface area contributed by atoms with Crippen molar-refractivity contribution < 1.29 is 15.3 Å². The molecule has 4 aliphatic carbocycles. The number of aliphatic hydroxyl groups excluding tert-OH is 3. The topological polar surface area (TPSA) is 60.7 Å². The van der Waals surface area contributed by atoms with Gasteiger partial charge in [-0.05, 0) is 74.0 Å². The summed E-state index contributed by atoms with van der Waals surface area (Å²) in [5.41, 5.74) is 3.42. The highest BCUT2D eigenvalue weighted by Gasteiger charge is 2.54. The molecule has 0 heterocycles. The van der Waals surface area contributed by atoms with Gasteiger partial charge in [-0.2, -0.15) is 0 Å². The summed E-state index contributed by atoms with van der Waals surface area (Å²) < 4.78 is 0. The molecule has 0 saturated heterocycles. The van der Waals surface area contributed by atoms with E-state index in [-0.39, 0.29) is 18.6 Å². The zero-order valence-corrected chi connectivity index (χ0v) is 16.4. The number of aliphatic hydroxyl groups is 3. The molecule has 2 fully saturated rings. The number of rotatable bonds is 3. The van der Waals surface area contributed by atoms with Gasteiger partial charge >= 0.3 is 0 Å². The van der Waals surface area contributed by atoms with E-state index in [1.54, 1.807) is 5.57 Å². The van der Waals surface area contributed by atoms with Crippen molar-refractivity contribution in [3.63, 3.8) is 0 Å². The molecule has 2 bridgehead atoms. The number of hydrogen-bond acceptors (Lipinski definition) is 3. The van der Waals surface area contributed by atoms with Crippen LogP contribution in [0.5, 0.6) is 0 Å². The van der Waals surface area contributed by atoms with E-state index >= 15 is 0 Å². The minimum atomic E-state index is -0.253. The van der Waals surface area contributed by atoms with Crippen molar-refractivity contribution in [1.82, 2.24) is 0 Å². The first kappa shape index (κ1) is 18.7. The van der Waals surface area contributed by atoms with Gasteiger partial charge < -0.3 is 15.3 Å². The van der Waals surface area contributed by atoms with Crippen molar-refractivity contribution in [3.05, 3.63) is 23.3 Å². The van der Waals surface area contributed by atoms with Crippen molar-refractivity contribution in [2.45, 2.75) is 64.9 Å². The first-order chi connectivity index (χ1) is 12.5. The molecule has 0 aromatic heterocycles. The van der Waals surface area contributed by atoms with Gasteiger partial charge in [0.2, 0.25) is 0 Å². The van der Waals surface area contributed by atoms with Crippen LogP contribution in [0.4, 0.5) is 0 Å². The largest absolute Gasteiger partial charge is 0.396 e. The van der Waals surface area contributed by atoms with Crippen LogP contribution in [-0.2, 0) is 0 Å². The van der Waals surface area contributed by atoms with Crippen molar-refractivity contribution in [1.29, 1.82) is 0 Å². The molecule has 0 aromatic carbocycles. The molecular weight excluding hydrogens is 324 g/mol. The van der Waals surface area contributed by atoms with Crippen LogP contribution in [-0.4, -0.2) is 34.6 Å². The third-order valence-electron chi connectivity index (χ3n) is 8.56. The Labute approximate surface area is 158 Å². The Morgan fingerprint density at radius 1 is 1.23 bits per heavy atom. The number of fused-ring (bicyclic) bond motifs is 6. The average Bonchev–Trinajstić information content (AvgIpc) is 2.77. The summed E-state index contributed by atoms with van der Waals surface area (Å²) in [5.74, 6) is 2.66. The van der Waals surface area contributed by atoms with E-state index in [1.807, 2.05) is 0 Å². The summed E-state index contributed by atoms with van der Waals surface area (Å²) in [5, 5.41) is 30.1. The summed E-state index contributed by atoms with van der Waals surface area (Å²) in [6.45, 7) is 5.16. The Bertz CT molecular complexity index is 594. The predicted octanol–water partition coefficient (Wildman–Crippen LogP) is 3.69. The molecule has 3 nitrogen and oxygen atoms in total. The minimum Gasteiger partial charge on any atom is -0.396 e. The van der Waals surface area contributed by atoms with Gasteiger partial charge in [0.25, 0.3) is 0 Å². The average molecular weight is 361 g/mol. The van der Waals surface area contributed by atoms with E-state index in [1.165, 1.54) is 31.3 Å². The van der Waals surface area contributed by atoms with Gasteiger partial charge in [0.15, 0.2) is 0 Å². The monoisotopic (exact) mass is 360 g/mol. The zero-order chi connectivity index (χ0) is 18.5. The van der Waals surface area contributed by atoms with Gasteiger partial charge in [-0.1, -0.05) is 37.1 Å². The molecule has 26 heavy (non-hydrogen) atoms. The SMILES string of the molecule is C[C@H](CO)[C@H]1CC[C@H]2C3=C[C@@H](CO)[C@@H]4CC(=CC[C@H](O)C4)[C@H]3CC[C@]12C. The van der Waals surface area contributed by atoms with Gasteiger partial charge in [-0.15, -0.1) is 0 Å². The van der Waals surface area contributed by atoms with E-state index in [0.29, 0.717) is 41.6 Å². The van der Waals surface area contributed by atoms with E-state index in [9.17, 15) is 15.3 Å². The van der Waals surface area contributed by atoms with Crippen LogP contribution in [0.2, 0.25) is 0 Å².